The lowest BCUT2D eigenvalue weighted by Gasteiger charge is -2.35. The van der Waals surface area contributed by atoms with Gasteiger partial charge in [-0.05, 0) is 52.0 Å². The van der Waals surface area contributed by atoms with Crippen molar-refractivity contribution in [1.29, 1.82) is 0 Å². The van der Waals surface area contributed by atoms with Crippen molar-refractivity contribution in [3.63, 3.8) is 0 Å². The highest BCUT2D eigenvalue weighted by atomic mass is 32.1. The largest absolute Gasteiger partial charge is 0.444 e. The summed E-state index contributed by atoms with van der Waals surface area (Å²) in [4.78, 5) is 33.7. The predicted octanol–water partition coefficient (Wildman–Crippen LogP) is 3.54. The minimum Gasteiger partial charge on any atom is -0.444 e. The lowest BCUT2D eigenvalue weighted by Crippen LogP contribution is -2.51. The first-order valence-electron chi connectivity index (χ1n) is 10.3. The van der Waals surface area contributed by atoms with Gasteiger partial charge in [0.15, 0.2) is 0 Å². The molecule has 1 aromatic heterocycles. The maximum atomic E-state index is 13.1. The molecule has 1 aliphatic rings. The zero-order valence-corrected chi connectivity index (χ0v) is 19.2. The van der Waals surface area contributed by atoms with E-state index in [0.29, 0.717) is 41.8 Å². The van der Waals surface area contributed by atoms with Crippen molar-refractivity contribution in [1.82, 2.24) is 20.1 Å². The number of benzene rings is 1. The summed E-state index contributed by atoms with van der Waals surface area (Å²) in [7, 11) is 0. The maximum absolute atomic E-state index is 13.1. The van der Waals surface area contributed by atoms with Gasteiger partial charge < -0.3 is 15.0 Å². The topological polar surface area (TPSA) is 74.8 Å². The number of piperazine rings is 1. The number of aryl methyl sites for hydroxylation is 1. The summed E-state index contributed by atoms with van der Waals surface area (Å²) in [6.45, 7) is 11.3. The SMILES string of the molecule is Cc1nc(-c2ccc(F)cc2)sc1C(=O)NCCN1CCN(C(=O)OC(C)(C)C)CC1. The van der Waals surface area contributed by atoms with Crippen LogP contribution in [0.25, 0.3) is 10.6 Å². The zero-order valence-electron chi connectivity index (χ0n) is 18.4. The number of aromatic nitrogens is 1. The van der Waals surface area contributed by atoms with Crippen molar-refractivity contribution in [3.8, 4) is 10.6 Å². The van der Waals surface area contributed by atoms with Gasteiger partial charge in [-0.1, -0.05) is 0 Å². The molecule has 2 amide bonds. The zero-order chi connectivity index (χ0) is 22.6. The molecule has 7 nitrogen and oxygen atoms in total. The summed E-state index contributed by atoms with van der Waals surface area (Å²) < 4.78 is 18.5. The molecule has 0 atom stereocenters. The van der Waals surface area contributed by atoms with Gasteiger partial charge in [0.05, 0.1) is 5.69 Å². The number of hydrogen-bond acceptors (Lipinski definition) is 6. The molecule has 0 radical (unpaired) electrons. The third kappa shape index (κ3) is 6.48. The fourth-order valence-corrected chi connectivity index (χ4v) is 4.20. The Kier molecular flexibility index (Phi) is 7.27. The average Bonchev–Trinajstić information content (AvgIpc) is 3.09. The van der Waals surface area contributed by atoms with E-state index in [2.05, 4.69) is 15.2 Å². The predicted molar refractivity (Wildman–Crippen MR) is 119 cm³/mol. The number of ether oxygens (including phenoxy) is 1. The summed E-state index contributed by atoms with van der Waals surface area (Å²) >= 11 is 1.30. The van der Waals surface area contributed by atoms with Gasteiger partial charge in [0.25, 0.3) is 5.91 Å². The Hall–Kier alpha value is -2.52. The van der Waals surface area contributed by atoms with Gasteiger partial charge in [-0.2, -0.15) is 0 Å². The van der Waals surface area contributed by atoms with Crippen LogP contribution in [0.2, 0.25) is 0 Å². The van der Waals surface area contributed by atoms with Crippen LogP contribution in [0, 0.1) is 12.7 Å². The summed E-state index contributed by atoms with van der Waals surface area (Å²) in [6.07, 6.45) is -0.280. The number of rotatable bonds is 5. The molecular weight excluding hydrogens is 419 g/mol. The van der Waals surface area contributed by atoms with Crippen LogP contribution in [0.5, 0.6) is 0 Å². The molecule has 31 heavy (non-hydrogen) atoms. The van der Waals surface area contributed by atoms with Crippen LogP contribution in [-0.4, -0.2) is 71.7 Å². The second-order valence-electron chi connectivity index (χ2n) is 8.51. The van der Waals surface area contributed by atoms with Crippen molar-refractivity contribution < 1.29 is 18.7 Å². The Balaban J connectivity index is 1.45. The number of carbonyl (C=O) groups excluding carboxylic acids is 2. The fraction of sp³-hybridized carbons (Fsp3) is 0.500. The molecule has 2 heterocycles. The van der Waals surface area contributed by atoms with Crippen LogP contribution in [-0.2, 0) is 4.74 Å². The first-order valence-corrected chi connectivity index (χ1v) is 11.2. The number of nitrogens with one attached hydrogen (secondary N) is 1. The quantitative estimate of drug-likeness (QED) is 0.757. The molecule has 0 aliphatic carbocycles. The number of amides is 2. The van der Waals surface area contributed by atoms with E-state index in [9.17, 15) is 14.0 Å². The van der Waals surface area contributed by atoms with Gasteiger partial charge in [0.2, 0.25) is 0 Å². The number of nitrogens with zero attached hydrogens (tertiary/aromatic N) is 3. The molecule has 9 heteroatoms. The molecule has 168 valence electrons. The van der Waals surface area contributed by atoms with Gasteiger partial charge in [-0.3, -0.25) is 9.69 Å². The molecular formula is C22H29FN4O3S. The standard InChI is InChI=1S/C22H29FN4O3S/c1-15-18(31-20(25-15)16-5-7-17(23)8-6-16)19(28)24-9-10-26-11-13-27(14-12-26)21(29)30-22(2,3)4/h5-8H,9-14H2,1-4H3,(H,24,28). The van der Waals surface area contributed by atoms with Crippen molar-refractivity contribution in [3.05, 3.63) is 40.7 Å². The van der Waals surface area contributed by atoms with Crippen molar-refractivity contribution >= 4 is 23.3 Å². The van der Waals surface area contributed by atoms with Crippen LogP contribution in [0.3, 0.4) is 0 Å². The number of thiazole rings is 1. The van der Waals surface area contributed by atoms with Crippen molar-refractivity contribution in [2.75, 3.05) is 39.3 Å². The minimum absolute atomic E-state index is 0.157. The highest BCUT2D eigenvalue weighted by Crippen LogP contribution is 2.28. The monoisotopic (exact) mass is 448 g/mol. The third-order valence-corrected chi connectivity index (χ3v) is 6.04. The molecule has 1 fully saturated rings. The first-order chi connectivity index (χ1) is 14.6. The molecule has 0 bridgehead atoms. The van der Waals surface area contributed by atoms with Crippen molar-refractivity contribution in [2.24, 2.45) is 0 Å². The Morgan fingerprint density at radius 2 is 1.81 bits per heavy atom. The van der Waals surface area contributed by atoms with E-state index in [1.165, 1.54) is 23.5 Å². The van der Waals surface area contributed by atoms with Crippen LogP contribution < -0.4 is 5.32 Å². The molecule has 1 aliphatic heterocycles. The Bertz CT molecular complexity index is 916. The van der Waals surface area contributed by atoms with E-state index in [0.717, 1.165) is 18.7 Å². The second kappa shape index (κ2) is 9.74. The fourth-order valence-electron chi connectivity index (χ4n) is 3.21. The average molecular weight is 449 g/mol. The van der Waals surface area contributed by atoms with Crippen LogP contribution in [0.15, 0.2) is 24.3 Å². The molecule has 0 saturated carbocycles. The van der Waals surface area contributed by atoms with Crippen LogP contribution in [0.4, 0.5) is 9.18 Å². The Labute approximate surface area is 186 Å². The van der Waals surface area contributed by atoms with Gasteiger partial charge in [-0.15, -0.1) is 11.3 Å². The lowest BCUT2D eigenvalue weighted by molar-refractivity contribution is 0.0147. The molecule has 2 aromatic rings. The lowest BCUT2D eigenvalue weighted by atomic mass is 10.2. The third-order valence-electron chi connectivity index (χ3n) is 4.83. The molecule has 1 N–H and O–H groups in total. The van der Waals surface area contributed by atoms with Gasteiger partial charge in [0, 0.05) is 44.8 Å². The summed E-state index contributed by atoms with van der Waals surface area (Å²) in [5, 5.41) is 3.65. The summed E-state index contributed by atoms with van der Waals surface area (Å²) in [5.41, 5.74) is 0.952. The van der Waals surface area contributed by atoms with Gasteiger partial charge in [-0.25, -0.2) is 14.2 Å². The number of hydrogen-bond donors (Lipinski definition) is 1. The number of halogens is 1. The first kappa shape index (κ1) is 23.1. The van der Waals surface area contributed by atoms with E-state index in [1.54, 1.807) is 24.0 Å². The maximum Gasteiger partial charge on any atom is 0.410 e. The molecule has 1 saturated heterocycles. The van der Waals surface area contributed by atoms with Crippen LogP contribution >= 0.6 is 11.3 Å². The molecule has 1 aromatic carbocycles. The molecule has 3 rings (SSSR count). The van der Waals surface area contributed by atoms with Gasteiger partial charge in [0.1, 0.15) is 21.3 Å². The second-order valence-corrected chi connectivity index (χ2v) is 9.50. The Morgan fingerprint density at radius 3 is 2.42 bits per heavy atom. The normalized spacial score (nSPS) is 15.1. The van der Waals surface area contributed by atoms with E-state index in [1.807, 2.05) is 20.8 Å². The highest BCUT2D eigenvalue weighted by Gasteiger charge is 2.25. The summed E-state index contributed by atoms with van der Waals surface area (Å²) in [5.74, 6) is -0.460. The molecule has 0 unspecified atom stereocenters. The minimum atomic E-state index is -0.496. The van der Waals surface area contributed by atoms with Crippen LogP contribution in [0.1, 0.15) is 36.1 Å². The number of carbonyl (C=O) groups is 2. The Morgan fingerprint density at radius 1 is 1.16 bits per heavy atom. The highest BCUT2D eigenvalue weighted by molar-refractivity contribution is 7.17. The molecule has 0 spiro atoms. The summed E-state index contributed by atoms with van der Waals surface area (Å²) in [6, 6.07) is 6.08. The van der Waals surface area contributed by atoms with Gasteiger partial charge >= 0.3 is 6.09 Å². The van der Waals surface area contributed by atoms with Crippen molar-refractivity contribution in [2.45, 2.75) is 33.3 Å². The van der Waals surface area contributed by atoms with E-state index >= 15 is 0 Å². The smallest absolute Gasteiger partial charge is 0.410 e. The van der Waals surface area contributed by atoms with E-state index in [4.69, 9.17) is 4.74 Å². The van der Waals surface area contributed by atoms with E-state index < -0.39 is 5.60 Å². The van der Waals surface area contributed by atoms with E-state index in [-0.39, 0.29) is 17.8 Å².